The van der Waals surface area contributed by atoms with E-state index < -0.39 is 26.0 Å². The molecule has 1 aliphatic heterocycles. The maximum Gasteiger partial charge on any atom is 0.283 e. The fourth-order valence-corrected chi connectivity index (χ4v) is 8.14. The zero-order chi connectivity index (χ0) is 31.1. The molecule has 0 radical (unpaired) electrons. The number of benzene rings is 4. The number of hydroxylamine groups is 1. The van der Waals surface area contributed by atoms with E-state index in [4.69, 9.17) is 4.28 Å². The van der Waals surface area contributed by atoms with Crippen LogP contribution in [0.2, 0.25) is 0 Å². The number of nitrogens with zero attached hydrogens (tertiary/aromatic N) is 3. The lowest BCUT2D eigenvalue weighted by molar-refractivity contribution is -0.667. The molecule has 0 amide bonds. The SMILES string of the molecule is CCNOS(=O)(=O)CCC[n+]1c(C=C2N(C)c3ccc4ccccc4c3N2CCS(=O)(=O)O)sc2ccc3ccccc3c21. The maximum absolute atomic E-state index is 12.4. The summed E-state index contributed by atoms with van der Waals surface area (Å²) >= 11 is 1.58. The van der Waals surface area contributed by atoms with Gasteiger partial charge >= 0.3 is 0 Å². The smallest absolute Gasteiger partial charge is 0.283 e. The summed E-state index contributed by atoms with van der Waals surface area (Å²) in [5, 5.41) is 4.98. The van der Waals surface area contributed by atoms with Gasteiger partial charge in [-0.25, -0.2) is 0 Å². The molecule has 0 aliphatic carbocycles. The van der Waals surface area contributed by atoms with Crippen LogP contribution >= 0.6 is 11.3 Å². The van der Waals surface area contributed by atoms with Gasteiger partial charge in [-0.3, -0.25) is 4.55 Å². The zero-order valence-electron chi connectivity index (χ0n) is 24.3. The fraction of sp³-hybridized carbons (Fsp3) is 0.258. The van der Waals surface area contributed by atoms with Crippen LogP contribution in [0.15, 0.2) is 78.6 Å². The minimum atomic E-state index is -4.23. The number of rotatable bonds is 11. The molecule has 2 N–H and O–H groups in total. The number of hydrogen-bond acceptors (Lipinski definition) is 9. The largest absolute Gasteiger partial charge is 0.329 e. The van der Waals surface area contributed by atoms with E-state index in [9.17, 15) is 21.4 Å². The number of hydrogen-bond donors (Lipinski definition) is 2. The van der Waals surface area contributed by atoms with E-state index in [1.54, 1.807) is 18.3 Å². The molecular weight excluding hydrogens is 621 g/mol. The van der Waals surface area contributed by atoms with Crippen LogP contribution in [0.4, 0.5) is 11.4 Å². The minimum Gasteiger partial charge on any atom is -0.329 e. The van der Waals surface area contributed by atoms with Crippen molar-refractivity contribution in [1.29, 1.82) is 0 Å². The average molecular weight is 654 g/mol. The second-order valence-corrected chi connectivity index (χ2v) is 14.9. The first-order valence-electron chi connectivity index (χ1n) is 14.2. The van der Waals surface area contributed by atoms with E-state index in [1.165, 1.54) is 0 Å². The minimum absolute atomic E-state index is 0.0455. The second kappa shape index (κ2) is 12.1. The van der Waals surface area contributed by atoms with E-state index in [0.29, 0.717) is 19.5 Å². The van der Waals surface area contributed by atoms with E-state index in [1.807, 2.05) is 77.5 Å². The van der Waals surface area contributed by atoms with Gasteiger partial charge in [0.2, 0.25) is 5.52 Å². The molecule has 0 spiro atoms. The maximum atomic E-state index is 12.4. The van der Waals surface area contributed by atoms with Gasteiger partial charge in [-0.1, -0.05) is 72.9 Å². The third kappa shape index (κ3) is 6.03. The monoisotopic (exact) mass is 653 g/mol. The quantitative estimate of drug-likeness (QED) is 0.117. The van der Waals surface area contributed by atoms with Gasteiger partial charge in [-0.15, -0.1) is 0 Å². The molecule has 0 unspecified atom stereocenters. The number of aromatic nitrogens is 1. The van der Waals surface area contributed by atoms with Gasteiger partial charge in [0.25, 0.3) is 25.2 Å². The third-order valence-corrected chi connectivity index (χ3v) is 10.6. The van der Waals surface area contributed by atoms with Crippen molar-refractivity contribution in [2.45, 2.75) is 19.9 Å². The average Bonchev–Trinajstić information content (AvgIpc) is 3.49. The highest BCUT2D eigenvalue weighted by Crippen LogP contribution is 2.46. The predicted molar refractivity (Wildman–Crippen MR) is 177 cm³/mol. The van der Waals surface area contributed by atoms with E-state index in [-0.39, 0.29) is 12.3 Å². The number of thiazole rings is 1. The van der Waals surface area contributed by atoms with E-state index in [2.05, 4.69) is 28.2 Å². The van der Waals surface area contributed by atoms with Gasteiger partial charge in [0.15, 0.2) is 6.54 Å². The van der Waals surface area contributed by atoms with Gasteiger partial charge in [0.1, 0.15) is 10.5 Å². The van der Waals surface area contributed by atoms with Crippen LogP contribution in [0, 0.1) is 0 Å². The number of nitrogens with one attached hydrogen (secondary N) is 1. The molecule has 5 aromatic rings. The summed E-state index contributed by atoms with van der Waals surface area (Å²) in [6, 6.07) is 24.2. The lowest BCUT2D eigenvalue weighted by Gasteiger charge is -2.22. The molecule has 44 heavy (non-hydrogen) atoms. The van der Waals surface area contributed by atoms with Gasteiger partial charge in [-0.2, -0.15) is 31.2 Å². The third-order valence-electron chi connectivity index (χ3n) is 7.68. The Hall–Kier alpha value is -3.59. The van der Waals surface area contributed by atoms with Crippen LogP contribution in [-0.2, 0) is 31.1 Å². The number of aryl methyl sites for hydroxylation is 1. The Morgan fingerprint density at radius 2 is 1.61 bits per heavy atom. The first kappa shape index (κ1) is 30.4. The van der Waals surface area contributed by atoms with Crippen LogP contribution in [0.5, 0.6) is 0 Å². The Morgan fingerprint density at radius 3 is 2.34 bits per heavy atom. The molecule has 4 aromatic carbocycles. The Kier molecular flexibility index (Phi) is 8.35. The molecule has 2 heterocycles. The van der Waals surface area contributed by atoms with Crippen molar-refractivity contribution >= 4 is 80.8 Å². The topological polar surface area (TPSA) is 120 Å². The predicted octanol–water partition coefficient (Wildman–Crippen LogP) is 4.90. The highest BCUT2D eigenvalue weighted by molar-refractivity contribution is 7.86. The summed E-state index contributed by atoms with van der Waals surface area (Å²) in [5.74, 6) is 0.137. The first-order chi connectivity index (χ1) is 21.1. The summed E-state index contributed by atoms with van der Waals surface area (Å²) in [7, 11) is -6.05. The summed E-state index contributed by atoms with van der Waals surface area (Å²) in [6.07, 6.45) is 2.33. The van der Waals surface area contributed by atoms with Crippen LogP contribution in [0.3, 0.4) is 0 Å². The molecule has 6 rings (SSSR count). The Labute approximate surface area is 260 Å². The molecule has 230 valence electrons. The van der Waals surface area contributed by atoms with Crippen LogP contribution < -0.4 is 19.8 Å². The van der Waals surface area contributed by atoms with Crippen molar-refractivity contribution in [3.8, 4) is 0 Å². The van der Waals surface area contributed by atoms with Crippen molar-refractivity contribution in [3.63, 3.8) is 0 Å². The molecule has 0 atom stereocenters. The molecule has 1 aliphatic rings. The number of fused-ring (bicyclic) bond motifs is 6. The van der Waals surface area contributed by atoms with Crippen molar-refractivity contribution < 1.29 is 30.2 Å². The standard InChI is InChI=1S/C31H32N4O6S3/c1-3-32-41-44(39,40)19-8-17-35-29(42-27-16-14-23-10-5-7-12-25(23)31(27)35)21-28-33(2)26-15-13-22-9-4-6-11-24(22)30(26)34(28)18-20-43(36,37)38/h4-7,9-16,21,32H,3,8,17-20H2,1-2H3/p+1. The summed E-state index contributed by atoms with van der Waals surface area (Å²) in [6.45, 7) is 2.58. The van der Waals surface area contributed by atoms with Crippen LogP contribution in [0.1, 0.15) is 18.4 Å². The van der Waals surface area contributed by atoms with Gasteiger partial charge in [-0.05, 0) is 29.0 Å². The summed E-state index contributed by atoms with van der Waals surface area (Å²) in [5.41, 5.74) is 5.20. The molecule has 10 nitrogen and oxygen atoms in total. The van der Waals surface area contributed by atoms with E-state index >= 15 is 0 Å². The molecule has 0 bridgehead atoms. The summed E-state index contributed by atoms with van der Waals surface area (Å²) in [4.78, 5) is 3.96. The molecule has 0 fully saturated rings. The lowest BCUT2D eigenvalue weighted by atomic mass is 10.1. The van der Waals surface area contributed by atoms with Crippen LogP contribution in [-0.4, -0.2) is 53.0 Å². The summed E-state index contributed by atoms with van der Waals surface area (Å²) < 4.78 is 66.4. The Bertz CT molecular complexity index is 2130. The fourth-order valence-electron chi connectivity index (χ4n) is 5.73. The Morgan fingerprint density at radius 1 is 0.932 bits per heavy atom. The van der Waals surface area contributed by atoms with Gasteiger partial charge in [0.05, 0.1) is 34.3 Å². The highest BCUT2D eigenvalue weighted by Gasteiger charge is 2.33. The zero-order valence-corrected chi connectivity index (χ0v) is 26.8. The van der Waals surface area contributed by atoms with Crippen molar-refractivity contribution in [3.05, 3.63) is 83.6 Å². The molecule has 13 heteroatoms. The van der Waals surface area contributed by atoms with Crippen molar-refractivity contribution in [2.24, 2.45) is 0 Å². The lowest BCUT2D eigenvalue weighted by Crippen LogP contribution is -2.37. The molecule has 0 saturated carbocycles. The second-order valence-electron chi connectivity index (χ2n) is 10.6. The van der Waals surface area contributed by atoms with Gasteiger partial charge < -0.3 is 9.80 Å². The number of anilines is 2. The van der Waals surface area contributed by atoms with Crippen molar-refractivity contribution in [2.75, 3.05) is 41.4 Å². The van der Waals surface area contributed by atoms with Crippen molar-refractivity contribution in [1.82, 2.24) is 5.48 Å². The highest BCUT2D eigenvalue weighted by atomic mass is 32.2. The van der Waals surface area contributed by atoms with E-state index in [0.717, 1.165) is 54.0 Å². The normalized spacial score (nSPS) is 14.8. The molecule has 1 aromatic heterocycles. The molecule has 0 saturated heterocycles. The Balaban J connectivity index is 1.49. The van der Waals surface area contributed by atoms with Crippen LogP contribution in [0.25, 0.3) is 37.8 Å². The van der Waals surface area contributed by atoms with Gasteiger partial charge in [0, 0.05) is 31.9 Å². The first-order valence-corrected chi connectivity index (χ1v) is 18.2. The molecular formula is C31H33N4O6S3+.